The van der Waals surface area contributed by atoms with Gasteiger partial charge in [-0.05, 0) is 52.0 Å². The number of ether oxygens (including phenoxy) is 1. The van der Waals surface area contributed by atoms with E-state index < -0.39 is 35.7 Å². The maximum absolute atomic E-state index is 12.2. The monoisotopic (exact) mass is 393 g/mol. The second-order valence-corrected chi connectivity index (χ2v) is 7.62. The number of amides is 2. The van der Waals surface area contributed by atoms with Gasteiger partial charge in [-0.1, -0.05) is 30.3 Å². The van der Waals surface area contributed by atoms with Gasteiger partial charge in [0, 0.05) is 6.54 Å². The van der Waals surface area contributed by atoms with Crippen molar-refractivity contribution in [2.45, 2.75) is 64.1 Å². The van der Waals surface area contributed by atoms with E-state index in [1.807, 2.05) is 30.3 Å². The third-order valence-corrected chi connectivity index (χ3v) is 3.84. The van der Waals surface area contributed by atoms with Gasteiger partial charge in [0.15, 0.2) is 0 Å². The molecule has 28 heavy (non-hydrogen) atoms. The zero-order chi connectivity index (χ0) is 21.2. The molecule has 0 aliphatic heterocycles. The van der Waals surface area contributed by atoms with Crippen molar-refractivity contribution < 1.29 is 24.2 Å². The van der Waals surface area contributed by atoms with Gasteiger partial charge in [0.05, 0.1) is 6.04 Å². The fourth-order valence-corrected chi connectivity index (χ4v) is 2.47. The lowest BCUT2D eigenvalue weighted by Crippen LogP contribution is -2.49. The molecule has 8 heteroatoms. The van der Waals surface area contributed by atoms with Crippen molar-refractivity contribution >= 4 is 18.0 Å². The molecule has 156 valence electrons. The van der Waals surface area contributed by atoms with Gasteiger partial charge >= 0.3 is 12.1 Å². The maximum Gasteiger partial charge on any atom is 0.407 e. The highest BCUT2D eigenvalue weighted by Gasteiger charge is 2.23. The van der Waals surface area contributed by atoms with Gasteiger partial charge in [-0.15, -0.1) is 0 Å². The number of carboxylic acid groups (broad SMARTS) is 1. The largest absolute Gasteiger partial charge is 0.480 e. The van der Waals surface area contributed by atoms with Crippen LogP contribution in [0.25, 0.3) is 0 Å². The average Bonchev–Trinajstić information content (AvgIpc) is 2.59. The lowest BCUT2D eigenvalue weighted by Gasteiger charge is -2.20. The first-order chi connectivity index (χ1) is 13.1. The standard InChI is InChI=1S/C20H31N3O5/c1-20(2,3)28-19(27)22-12-8-7-11-16(18(25)26)23-17(24)15(21)13-14-9-5-4-6-10-14/h4-6,9-10,15-16H,7-8,11-13,21H2,1-3H3,(H,22,27)(H,23,24)(H,25,26)/t15-,16-/m0/s1. The lowest BCUT2D eigenvalue weighted by molar-refractivity contribution is -0.142. The minimum Gasteiger partial charge on any atom is -0.480 e. The maximum atomic E-state index is 12.2. The van der Waals surface area contributed by atoms with Crippen LogP contribution < -0.4 is 16.4 Å². The van der Waals surface area contributed by atoms with Crippen molar-refractivity contribution in [3.8, 4) is 0 Å². The Morgan fingerprint density at radius 3 is 2.36 bits per heavy atom. The fourth-order valence-electron chi connectivity index (χ4n) is 2.47. The SMILES string of the molecule is CC(C)(C)OC(=O)NCCCC[C@H](NC(=O)[C@@H](N)Cc1ccccc1)C(=O)O. The Labute approximate surface area is 165 Å². The summed E-state index contributed by atoms with van der Waals surface area (Å²) in [5, 5.41) is 14.4. The molecule has 0 saturated heterocycles. The molecular formula is C20H31N3O5. The summed E-state index contributed by atoms with van der Waals surface area (Å²) in [4.78, 5) is 35.1. The molecule has 1 aromatic rings. The number of alkyl carbamates (subject to hydrolysis) is 1. The Bertz CT molecular complexity index is 643. The molecule has 0 radical (unpaired) electrons. The smallest absolute Gasteiger partial charge is 0.407 e. The molecule has 0 aromatic heterocycles. The second-order valence-electron chi connectivity index (χ2n) is 7.62. The first kappa shape index (κ1) is 23.4. The van der Waals surface area contributed by atoms with E-state index in [1.54, 1.807) is 20.8 Å². The van der Waals surface area contributed by atoms with Crippen molar-refractivity contribution in [1.29, 1.82) is 0 Å². The van der Waals surface area contributed by atoms with Crippen LogP contribution in [0.15, 0.2) is 30.3 Å². The van der Waals surface area contributed by atoms with Gasteiger partial charge in [0.2, 0.25) is 5.91 Å². The van der Waals surface area contributed by atoms with Crippen LogP contribution in [-0.4, -0.2) is 47.3 Å². The highest BCUT2D eigenvalue weighted by molar-refractivity contribution is 5.86. The number of benzene rings is 1. The van der Waals surface area contributed by atoms with Gasteiger partial charge < -0.3 is 26.2 Å². The Morgan fingerprint density at radius 1 is 1.14 bits per heavy atom. The number of unbranched alkanes of at least 4 members (excludes halogenated alkanes) is 1. The second kappa shape index (κ2) is 11.3. The number of carboxylic acids is 1. The highest BCUT2D eigenvalue weighted by atomic mass is 16.6. The number of aliphatic carboxylic acids is 1. The summed E-state index contributed by atoms with van der Waals surface area (Å²) in [6.45, 7) is 5.68. The van der Waals surface area contributed by atoms with E-state index in [0.717, 1.165) is 5.56 Å². The van der Waals surface area contributed by atoms with E-state index in [2.05, 4.69) is 10.6 Å². The molecule has 0 spiro atoms. The molecule has 2 atom stereocenters. The van der Waals surface area contributed by atoms with E-state index in [4.69, 9.17) is 10.5 Å². The number of hydrogen-bond donors (Lipinski definition) is 4. The van der Waals surface area contributed by atoms with Crippen LogP contribution in [0.1, 0.15) is 45.6 Å². The summed E-state index contributed by atoms with van der Waals surface area (Å²) in [6, 6.07) is 7.46. The number of rotatable bonds is 10. The molecule has 8 nitrogen and oxygen atoms in total. The van der Waals surface area contributed by atoms with Gasteiger partial charge in [0.1, 0.15) is 11.6 Å². The third kappa shape index (κ3) is 9.91. The molecule has 1 aromatic carbocycles. The van der Waals surface area contributed by atoms with Crippen LogP contribution in [0, 0.1) is 0 Å². The van der Waals surface area contributed by atoms with Crippen LogP contribution in [-0.2, 0) is 20.7 Å². The first-order valence-corrected chi connectivity index (χ1v) is 9.38. The minimum absolute atomic E-state index is 0.245. The molecule has 0 saturated carbocycles. The van der Waals surface area contributed by atoms with E-state index >= 15 is 0 Å². The molecule has 0 aliphatic rings. The number of nitrogens with two attached hydrogens (primary N) is 1. The van der Waals surface area contributed by atoms with Crippen LogP contribution in [0.3, 0.4) is 0 Å². The van der Waals surface area contributed by atoms with Crippen LogP contribution >= 0.6 is 0 Å². The molecule has 0 heterocycles. The zero-order valence-corrected chi connectivity index (χ0v) is 16.7. The number of carbonyl (C=O) groups excluding carboxylic acids is 2. The van der Waals surface area contributed by atoms with Gasteiger partial charge in [-0.25, -0.2) is 9.59 Å². The summed E-state index contributed by atoms with van der Waals surface area (Å²) in [5.41, 5.74) is 6.23. The number of hydrogen-bond acceptors (Lipinski definition) is 5. The summed E-state index contributed by atoms with van der Waals surface area (Å²) in [5.74, 6) is -1.61. The topological polar surface area (TPSA) is 131 Å². The molecule has 0 fully saturated rings. The van der Waals surface area contributed by atoms with E-state index in [1.165, 1.54) is 0 Å². The minimum atomic E-state index is -1.11. The Kier molecular flexibility index (Phi) is 9.44. The van der Waals surface area contributed by atoms with E-state index in [-0.39, 0.29) is 6.42 Å². The van der Waals surface area contributed by atoms with Gasteiger partial charge in [0.25, 0.3) is 0 Å². The van der Waals surface area contributed by atoms with Gasteiger partial charge in [-0.3, -0.25) is 4.79 Å². The molecule has 2 amide bonds. The average molecular weight is 393 g/mol. The van der Waals surface area contributed by atoms with Crippen LogP contribution in [0.2, 0.25) is 0 Å². The van der Waals surface area contributed by atoms with Gasteiger partial charge in [-0.2, -0.15) is 0 Å². The van der Waals surface area contributed by atoms with Crippen molar-refractivity contribution in [2.75, 3.05) is 6.54 Å². The molecule has 5 N–H and O–H groups in total. The number of nitrogens with one attached hydrogen (secondary N) is 2. The van der Waals surface area contributed by atoms with Crippen molar-refractivity contribution in [3.63, 3.8) is 0 Å². The highest BCUT2D eigenvalue weighted by Crippen LogP contribution is 2.07. The Morgan fingerprint density at radius 2 is 1.79 bits per heavy atom. The van der Waals surface area contributed by atoms with E-state index in [9.17, 15) is 19.5 Å². The Balaban J connectivity index is 2.35. The lowest BCUT2D eigenvalue weighted by atomic mass is 10.0. The van der Waals surface area contributed by atoms with Crippen molar-refractivity contribution in [1.82, 2.24) is 10.6 Å². The summed E-state index contributed by atoms with van der Waals surface area (Å²) < 4.78 is 5.12. The molecule has 0 unspecified atom stereocenters. The fraction of sp³-hybridized carbons (Fsp3) is 0.550. The number of carbonyl (C=O) groups is 3. The molecule has 1 rings (SSSR count). The predicted molar refractivity (Wildman–Crippen MR) is 106 cm³/mol. The normalized spacial score (nSPS) is 13.3. The molecular weight excluding hydrogens is 362 g/mol. The van der Waals surface area contributed by atoms with E-state index in [0.29, 0.717) is 25.8 Å². The summed E-state index contributed by atoms with van der Waals surface area (Å²) in [7, 11) is 0. The van der Waals surface area contributed by atoms with Crippen LogP contribution in [0.4, 0.5) is 4.79 Å². The van der Waals surface area contributed by atoms with Crippen molar-refractivity contribution in [3.05, 3.63) is 35.9 Å². The summed E-state index contributed by atoms with van der Waals surface area (Å²) in [6.07, 6.45) is 1.15. The molecule has 0 bridgehead atoms. The predicted octanol–water partition coefficient (Wildman–Crippen LogP) is 1.82. The summed E-state index contributed by atoms with van der Waals surface area (Å²) >= 11 is 0. The Hall–Kier alpha value is -2.61. The van der Waals surface area contributed by atoms with Crippen molar-refractivity contribution in [2.24, 2.45) is 5.73 Å². The quantitative estimate of drug-likeness (QED) is 0.449. The third-order valence-electron chi connectivity index (χ3n) is 3.84. The van der Waals surface area contributed by atoms with Crippen LogP contribution in [0.5, 0.6) is 0 Å². The first-order valence-electron chi connectivity index (χ1n) is 9.38. The zero-order valence-electron chi connectivity index (χ0n) is 16.7. The molecule has 0 aliphatic carbocycles.